The molecular weight excluding hydrogens is 247 g/mol. The number of nitrogen functional groups attached to an aromatic ring is 1. The molecule has 0 aliphatic heterocycles. The van der Waals surface area contributed by atoms with Crippen LogP contribution in [0.3, 0.4) is 0 Å². The van der Waals surface area contributed by atoms with Crippen LogP contribution >= 0.6 is 0 Å². The molecule has 0 saturated heterocycles. The number of hydrogen-bond acceptors (Lipinski definition) is 4. The molecule has 0 atom stereocenters. The molecule has 0 spiro atoms. The molecule has 1 aromatic rings. The average Bonchev–Trinajstić information content (AvgIpc) is 2.41. The van der Waals surface area contributed by atoms with Crippen molar-refractivity contribution in [3.8, 4) is 12.1 Å². The van der Waals surface area contributed by atoms with Crippen LogP contribution in [-0.2, 0) is 0 Å². The van der Waals surface area contributed by atoms with Crippen molar-refractivity contribution in [2.75, 3.05) is 18.8 Å². The van der Waals surface area contributed by atoms with Crippen molar-refractivity contribution in [2.24, 2.45) is 0 Å². The van der Waals surface area contributed by atoms with E-state index in [4.69, 9.17) is 16.3 Å². The minimum Gasteiger partial charge on any atom is -0.396 e. The van der Waals surface area contributed by atoms with Gasteiger partial charge in [-0.25, -0.2) is 4.39 Å². The van der Waals surface area contributed by atoms with Crippen LogP contribution in [0.5, 0.6) is 0 Å². The third kappa shape index (κ3) is 3.97. The van der Waals surface area contributed by atoms with Gasteiger partial charge in [0.25, 0.3) is 5.91 Å². The number of halogens is 1. The SMILES string of the molecule is N#CCCN(CCC#N)C(=O)c1ccc(F)c(N)c1. The molecule has 5 nitrogen and oxygen atoms in total. The van der Waals surface area contributed by atoms with Gasteiger partial charge in [0.15, 0.2) is 0 Å². The number of anilines is 1. The molecule has 0 aliphatic carbocycles. The number of nitriles is 2. The average molecular weight is 260 g/mol. The van der Waals surface area contributed by atoms with Crippen LogP contribution in [0.25, 0.3) is 0 Å². The first-order valence-corrected chi connectivity index (χ1v) is 5.68. The topological polar surface area (TPSA) is 93.9 Å². The van der Waals surface area contributed by atoms with E-state index in [9.17, 15) is 9.18 Å². The Balaban J connectivity index is 2.88. The smallest absolute Gasteiger partial charge is 0.253 e. The Morgan fingerprint density at radius 2 is 1.84 bits per heavy atom. The highest BCUT2D eigenvalue weighted by atomic mass is 19.1. The van der Waals surface area contributed by atoms with Crippen molar-refractivity contribution in [1.82, 2.24) is 4.90 Å². The molecule has 0 heterocycles. The summed E-state index contributed by atoms with van der Waals surface area (Å²) < 4.78 is 13.0. The van der Waals surface area contributed by atoms with Gasteiger partial charge in [-0.1, -0.05) is 0 Å². The van der Waals surface area contributed by atoms with Crippen molar-refractivity contribution < 1.29 is 9.18 Å². The third-order valence-corrected chi connectivity index (χ3v) is 2.52. The molecule has 0 unspecified atom stereocenters. The number of benzene rings is 1. The minimum absolute atomic E-state index is 0.105. The van der Waals surface area contributed by atoms with Gasteiger partial charge in [0.05, 0.1) is 30.7 Å². The highest BCUT2D eigenvalue weighted by Gasteiger charge is 2.16. The second kappa shape index (κ2) is 6.97. The van der Waals surface area contributed by atoms with Crippen LogP contribution in [0.4, 0.5) is 10.1 Å². The van der Waals surface area contributed by atoms with Gasteiger partial charge < -0.3 is 10.6 Å². The molecule has 98 valence electrons. The van der Waals surface area contributed by atoms with Gasteiger partial charge in [-0.2, -0.15) is 10.5 Å². The summed E-state index contributed by atoms with van der Waals surface area (Å²) in [5, 5.41) is 17.1. The van der Waals surface area contributed by atoms with E-state index in [0.717, 1.165) is 6.07 Å². The highest BCUT2D eigenvalue weighted by molar-refractivity contribution is 5.95. The Labute approximate surface area is 110 Å². The number of nitrogens with zero attached hydrogens (tertiary/aromatic N) is 3. The molecule has 0 saturated carbocycles. The first-order chi connectivity index (χ1) is 9.10. The number of amides is 1. The van der Waals surface area contributed by atoms with Crippen LogP contribution in [0.2, 0.25) is 0 Å². The van der Waals surface area contributed by atoms with Crippen LogP contribution in [0, 0.1) is 28.5 Å². The third-order valence-electron chi connectivity index (χ3n) is 2.52. The zero-order valence-corrected chi connectivity index (χ0v) is 10.3. The summed E-state index contributed by atoms with van der Waals surface area (Å²) in [5.74, 6) is -0.950. The largest absolute Gasteiger partial charge is 0.396 e. The molecule has 0 fully saturated rings. The second-order valence-electron chi connectivity index (χ2n) is 3.84. The first-order valence-electron chi connectivity index (χ1n) is 5.68. The first kappa shape index (κ1) is 14.5. The van der Waals surface area contributed by atoms with Gasteiger partial charge >= 0.3 is 0 Å². The monoisotopic (exact) mass is 260 g/mol. The lowest BCUT2D eigenvalue weighted by atomic mass is 10.1. The van der Waals surface area contributed by atoms with Crippen LogP contribution in [-0.4, -0.2) is 23.9 Å². The van der Waals surface area contributed by atoms with Gasteiger partial charge in [-0.05, 0) is 18.2 Å². The maximum absolute atomic E-state index is 13.0. The van der Waals surface area contributed by atoms with Gasteiger partial charge in [0, 0.05) is 18.7 Å². The van der Waals surface area contributed by atoms with Crippen molar-refractivity contribution in [3.63, 3.8) is 0 Å². The lowest BCUT2D eigenvalue weighted by molar-refractivity contribution is 0.0762. The van der Waals surface area contributed by atoms with Gasteiger partial charge in [-0.15, -0.1) is 0 Å². The Morgan fingerprint density at radius 3 is 2.32 bits per heavy atom. The molecule has 0 radical (unpaired) electrons. The number of hydrogen-bond donors (Lipinski definition) is 1. The van der Waals surface area contributed by atoms with E-state index in [1.54, 1.807) is 0 Å². The van der Waals surface area contributed by atoms with E-state index >= 15 is 0 Å². The molecular formula is C13H13FN4O. The fourth-order valence-corrected chi connectivity index (χ4v) is 1.54. The van der Waals surface area contributed by atoms with Crippen LogP contribution in [0.15, 0.2) is 18.2 Å². The number of carbonyl (C=O) groups is 1. The Kier molecular flexibility index (Phi) is 5.31. The van der Waals surface area contributed by atoms with E-state index in [1.807, 2.05) is 12.1 Å². The predicted octanol–water partition coefficient (Wildman–Crippen LogP) is 1.68. The Hall–Kier alpha value is -2.60. The van der Waals surface area contributed by atoms with E-state index in [-0.39, 0.29) is 43.1 Å². The molecule has 0 bridgehead atoms. The summed E-state index contributed by atoms with van der Waals surface area (Å²) in [7, 11) is 0. The van der Waals surface area contributed by atoms with Crippen molar-refractivity contribution >= 4 is 11.6 Å². The number of rotatable bonds is 5. The van der Waals surface area contributed by atoms with Crippen molar-refractivity contribution in [3.05, 3.63) is 29.6 Å². The molecule has 2 N–H and O–H groups in total. The van der Waals surface area contributed by atoms with E-state index < -0.39 is 5.82 Å². The van der Waals surface area contributed by atoms with Crippen molar-refractivity contribution in [1.29, 1.82) is 10.5 Å². The van der Waals surface area contributed by atoms with E-state index in [1.165, 1.54) is 17.0 Å². The summed E-state index contributed by atoms with van der Waals surface area (Å²) in [6.45, 7) is 0.461. The minimum atomic E-state index is -0.586. The second-order valence-corrected chi connectivity index (χ2v) is 3.84. The number of nitrogens with two attached hydrogens (primary N) is 1. The standard InChI is InChI=1S/C13H13FN4O/c14-11-4-3-10(9-12(11)17)13(19)18(7-1-5-15)8-2-6-16/h3-4,9H,1-2,7-8,17H2. The summed E-state index contributed by atoms with van der Waals surface area (Å²) in [4.78, 5) is 13.5. The molecule has 1 rings (SSSR count). The molecule has 0 aromatic heterocycles. The summed E-state index contributed by atoms with van der Waals surface area (Å²) in [6.07, 6.45) is 0.349. The van der Waals surface area contributed by atoms with Crippen molar-refractivity contribution in [2.45, 2.75) is 12.8 Å². The Morgan fingerprint density at radius 1 is 1.26 bits per heavy atom. The van der Waals surface area contributed by atoms with Gasteiger partial charge in [0.1, 0.15) is 5.82 Å². The fraction of sp³-hybridized carbons (Fsp3) is 0.308. The predicted molar refractivity (Wildman–Crippen MR) is 67.2 cm³/mol. The quantitative estimate of drug-likeness (QED) is 0.815. The Bertz CT molecular complexity index is 527. The van der Waals surface area contributed by atoms with Crippen LogP contribution < -0.4 is 5.73 Å². The molecule has 1 amide bonds. The zero-order valence-electron chi connectivity index (χ0n) is 10.3. The lowest BCUT2D eigenvalue weighted by Gasteiger charge is -2.20. The lowest BCUT2D eigenvalue weighted by Crippen LogP contribution is -2.32. The molecule has 19 heavy (non-hydrogen) atoms. The molecule has 1 aromatic carbocycles. The maximum Gasteiger partial charge on any atom is 0.253 e. The fourth-order valence-electron chi connectivity index (χ4n) is 1.54. The van der Waals surface area contributed by atoms with Gasteiger partial charge in [0.2, 0.25) is 0 Å². The normalized spacial score (nSPS) is 9.42. The molecule has 0 aliphatic rings. The number of carbonyl (C=O) groups excluding carboxylic acids is 1. The summed E-state index contributed by atoms with van der Waals surface area (Å²) >= 11 is 0. The van der Waals surface area contributed by atoms with Gasteiger partial charge in [-0.3, -0.25) is 4.79 Å². The maximum atomic E-state index is 13.0. The molecule has 6 heteroatoms. The highest BCUT2D eigenvalue weighted by Crippen LogP contribution is 2.14. The van der Waals surface area contributed by atoms with E-state index in [0.29, 0.717) is 0 Å². The summed E-state index contributed by atoms with van der Waals surface area (Å²) in [6, 6.07) is 7.59. The zero-order chi connectivity index (χ0) is 14.3. The van der Waals surface area contributed by atoms with Crippen LogP contribution in [0.1, 0.15) is 23.2 Å². The van der Waals surface area contributed by atoms with E-state index in [2.05, 4.69) is 0 Å². The summed E-state index contributed by atoms with van der Waals surface area (Å²) in [5.41, 5.74) is 5.55.